The highest BCUT2D eigenvalue weighted by molar-refractivity contribution is 5.92. The standard InChI is InChI=1S/C17H20N2O4/c1-21-13-4-2-3-12(9-13)15-5-6-16(23-15)17(20)19-11-14-10-18-7-8-22-14/h2-6,9,14,18H,7-8,10-11H2,1H3,(H,19,20). The van der Waals surface area contributed by atoms with Crippen LogP contribution in [0.15, 0.2) is 40.8 Å². The van der Waals surface area contributed by atoms with Crippen LogP contribution in [0.4, 0.5) is 0 Å². The SMILES string of the molecule is COc1cccc(-c2ccc(C(=O)NCC3CNCCO3)o2)c1. The van der Waals surface area contributed by atoms with E-state index in [9.17, 15) is 4.79 Å². The minimum Gasteiger partial charge on any atom is -0.497 e. The van der Waals surface area contributed by atoms with Gasteiger partial charge in [0.1, 0.15) is 11.5 Å². The van der Waals surface area contributed by atoms with Crippen LogP contribution in [0, 0.1) is 0 Å². The molecule has 6 heteroatoms. The fourth-order valence-electron chi connectivity index (χ4n) is 2.44. The van der Waals surface area contributed by atoms with Crippen molar-refractivity contribution in [3.63, 3.8) is 0 Å². The molecule has 1 aromatic heterocycles. The minimum atomic E-state index is -0.242. The summed E-state index contributed by atoms with van der Waals surface area (Å²) in [6, 6.07) is 11.0. The number of carbonyl (C=O) groups is 1. The third-order valence-corrected chi connectivity index (χ3v) is 3.68. The molecule has 2 aromatic rings. The third-order valence-electron chi connectivity index (χ3n) is 3.68. The molecule has 1 saturated heterocycles. The van der Waals surface area contributed by atoms with Gasteiger partial charge < -0.3 is 24.5 Å². The van der Waals surface area contributed by atoms with Gasteiger partial charge in [-0.25, -0.2) is 0 Å². The summed E-state index contributed by atoms with van der Waals surface area (Å²) in [5.41, 5.74) is 0.864. The summed E-state index contributed by atoms with van der Waals surface area (Å²) >= 11 is 0. The molecule has 1 atom stereocenters. The highest BCUT2D eigenvalue weighted by atomic mass is 16.5. The van der Waals surface area contributed by atoms with E-state index in [1.54, 1.807) is 19.2 Å². The fourth-order valence-corrected chi connectivity index (χ4v) is 2.44. The summed E-state index contributed by atoms with van der Waals surface area (Å²) in [7, 11) is 1.61. The molecule has 1 fully saturated rings. The third kappa shape index (κ3) is 3.91. The van der Waals surface area contributed by atoms with Crippen LogP contribution < -0.4 is 15.4 Å². The second kappa shape index (κ2) is 7.30. The van der Waals surface area contributed by atoms with Gasteiger partial charge in [-0.1, -0.05) is 12.1 Å². The van der Waals surface area contributed by atoms with Crippen molar-refractivity contribution in [1.29, 1.82) is 0 Å². The first-order valence-electron chi connectivity index (χ1n) is 7.61. The first kappa shape index (κ1) is 15.6. The predicted molar refractivity (Wildman–Crippen MR) is 85.6 cm³/mol. The molecule has 1 amide bonds. The first-order valence-corrected chi connectivity index (χ1v) is 7.61. The molecule has 2 N–H and O–H groups in total. The fraction of sp³-hybridized carbons (Fsp3) is 0.353. The van der Waals surface area contributed by atoms with Gasteiger partial charge in [-0.3, -0.25) is 4.79 Å². The molecule has 0 spiro atoms. The lowest BCUT2D eigenvalue weighted by Gasteiger charge is -2.23. The van der Waals surface area contributed by atoms with Crippen molar-refractivity contribution in [1.82, 2.24) is 10.6 Å². The molecule has 122 valence electrons. The Morgan fingerprint density at radius 3 is 3.09 bits per heavy atom. The van der Waals surface area contributed by atoms with Gasteiger partial charge in [0.15, 0.2) is 5.76 Å². The van der Waals surface area contributed by atoms with E-state index < -0.39 is 0 Å². The lowest BCUT2D eigenvalue weighted by atomic mass is 10.2. The summed E-state index contributed by atoms with van der Waals surface area (Å²) in [6.07, 6.45) is 0.000479. The van der Waals surface area contributed by atoms with Crippen LogP contribution in [-0.2, 0) is 4.74 Å². The van der Waals surface area contributed by atoms with Gasteiger partial charge in [0, 0.05) is 25.2 Å². The maximum atomic E-state index is 12.1. The van der Waals surface area contributed by atoms with E-state index in [1.807, 2.05) is 24.3 Å². The molecule has 1 unspecified atom stereocenters. The maximum absolute atomic E-state index is 12.1. The van der Waals surface area contributed by atoms with Gasteiger partial charge in [0.2, 0.25) is 0 Å². The quantitative estimate of drug-likeness (QED) is 0.878. The molecule has 0 saturated carbocycles. The Morgan fingerprint density at radius 2 is 2.30 bits per heavy atom. The van der Waals surface area contributed by atoms with Crippen molar-refractivity contribution in [2.24, 2.45) is 0 Å². The molecule has 1 aliphatic rings. The van der Waals surface area contributed by atoms with E-state index in [4.69, 9.17) is 13.9 Å². The van der Waals surface area contributed by atoms with E-state index >= 15 is 0 Å². The van der Waals surface area contributed by atoms with Gasteiger partial charge in [-0.15, -0.1) is 0 Å². The molecule has 0 aliphatic carbocycles. The van der Waals surface area contributed by atoms with E-state index in [0.717, 1.165) is 24.4 Å². The topological polar surface area (TPSA) is 72.7 Å². The number of benzene rings is 1. The maximum Gasteiger partial charge on any atom is 0.287 e. The van der Waals surface area contributed by atoms with E-state index in [0.29, 0.717) is 18.9 Å². The summed E-state index contributed by atoms with van der Waals surface area (Å²) in [6.45, 7) is 2.72. The molecule has 23 heavy (non-hydrogen) atoms. The highest BCUT2D eigenvalue weighted by Crippen LogP contribution is 2.25. The Labute approximate surface area is 134 Å². The molecule has 2 heterocycles. The predicted octanol–water partition coefficient (Wildman–Crippen LogP) is 1.67. The van der Waals surface area contributed by atoms with Gasteiger partial charge in [0.05, 0.1) is 19.8 Å². The molecule has 1 aliphatic heterocycles. The molecule has 0 bridgehead atoms. The Balaban J connectivity index is 1.62. The lowest BCUT2D eigenvalue weighted by molar-refractivity contribution is 0.0285. The Hall–Kier alpha value is -2.31. The van der Waals surface area contributed by atoms with E-state index in [2.05, 4.69) is 10.6 Å². The number of methoxy groups -OCH3 is 1. The summed E-state index contributed by atoms with van der Waals surface area (Å²) in [5.74, 6) is 1.41. The second-order valence-corrected chi connectivity index (χ2v) is 5.30. The van der Waals surface area contributed by atoms with Crippen molar-refractivity contribution in [2.45, 2.75) is 6.10 Å². The van der Waals surface area contributed by atoms with Crippen LogP contribution in [0.1, 0.15) is 10.6 Å². The van der Waals surface area contributed by atoms with Gasteiger partial charge in [0.25, 0.3) is 5.91 Å². The van der Waals surface area contributed by atoms with Crippen molar-refractivity contribution in [3.8, 4) is 17.1 Å². The Bertz CT molecular complexity index is 662. The average molecular weight is 316 g/mol. The zero-order chi connectivity index (χ0) is 16.1. The second-order valence-electron chi connectivity index (χ2n) is 5.30. The number of furan rings is 1. The minimum absolute atomic E-state index is 0.000479. The number of nitrogens with one attached hydrogen (secondary N) is 2. The number of carbonyl (C=O) groups excluding carboxylic acids is 1. The monoisotopic (exact) mass is 316 g/mol. The first-order chi connectivity index (χ1) is 11.3. The number of morpholine rings is 1. The van der Waals surface area contributed by atoms with Crippen molar-refractivity contribution >= 4 is 5.91 Å². The van der Waals surface area contributed by atoms with Gasteiger partial charge >= 0.3 is 0 Å². The number of hydrogen-bond donors (Lipinski definition) is 2. The summed E-state index contributed by atoms with van der Waals surface area (Å²) in [4.78, 5) is 12.1. The summed E-state index contributed by atoms with van der Waals surface area (Å²) < 4.78 is 16.4. The lowest BCUT2D eigenvalue weighted by Crippen LogP contribution is -2.45. The molecule has 0 radical (unpaired) electrons. The van der Waals surface area contributed by atoms with E-state index in [1.165, 1.54) is 0 Å². The Morgan fingerprint density at radius 1 is 1.39 bits per heavy atom. The van der Waals surface area contributed by atoms with Gasteiger partial charge in [-0.05, 0) is 24.3 Å². The number of ether oxygens (including phenoxy) is 2. The van der Waals surface area contributed by atoms with Crippen LogP contribution in [0.3, 0.4) is 0 Å². The van der Waals surface area contributed by atoms with Crippen LogP contribution in [-0.4, -0.2) is 45.4 Å². The van der Waals surface area contributed by atoms with Crippen molar-refractivity contribution in [3.05, 3.63) is 42.2 Å². The number of hydrogen-bond acceptors (Lipinski definition) is 5. The van der Waals surface area contributed by atoms with Crippen molar-refractivity contribution in [2.75, 3.05) is 33.4 Å². The highest BCUT2D eigenvalue weighted by Gasteiger charge is 2.17. The van der Waals surface area contributed by atoms with Crippen molar-refractivity contribution < 1.29 is 18.7 Å². The normalized spacial score (nSPS) is 17.7. The van der Waals surface area contributed by atoms with Crippen LogP contribution >= 0.6 is 0 Å². The number of amides is 1. The molecule has 1 aromatic carbocycles. The zero-order valence-corrected chi connectivity index (χ0v) is 13.0. The molecule has 6 nitrogen and oxygen atoms in total. The molecule has 3 rings (SSSR count). The van der Waals surface area contributed by atoms with Gasteiger partial charge in [-0.2, -0.15) is 0 Å². The largest absolute Gasteiger partial charge is 0.497 e. The smallest absolute Gasteiger partial charge is 0.287 e. The van der Waals surface area contributed by atoms with E-state index in [-0.39, 0.29) is 17.8 Å². The van der Waals surface area contributed by atoms with Crippen LogP contribution in [0.5, 0.6) is 5.75 Å². The molecular formula is C17H20N2O4. The molecular weight excluding hydrogens is 296 g/mol. The summed E-state index contributed by atoms with van der Waals surface area (Å²) in [5, 5.41) is 6.06. The number of rotatable bonds is 5. The average Bonchev–Trinajstić information content (AvgIpc) is 3.11. The van der Waals surface area contributed by atoms with Crippen LogP contribution in [0.2, 0.25) is 0 Å². The Kier molecular flexibility index (Phi) is 4.95. The zero-order valence-electron chi connectivity index (χ0n) is 13.0. The van der Waals surface area contributed by atoms with Crippen LogP contribution in [0.25, 0.3) is 11.3 Å².